The van der Waals surface area contributed by atoms with Crippen molar-refractivity contribution >= 4 is 22.7 Å². The van der Waals surface area contributed by atoms with Gasteiger partial charge in [0.1, 0.15) is 11.3 Å². The van der Waals surface area contributed by atoms with E-state index in [4.69, 9.17) is 4.42 Å². The maximum Gasteiger partial charge on any atom is 0.137 e. The number of furan rings is 1. The zero-order valence-corrected chi connectivity index (χ0v) is 12.8. The summed E-state index contributed by atoms with van der Waals surface area (Å²) >= 11 is 1.95. The van der Waals surface area contributed by atoms with Gasteiger partial charge < -0.3 is 9.73 Å². The molecule has 0 aliphatic rings. The number of thioether (sulfide) groups is 1. The van der Waals surface area contributed by atoms with E-state index < -0.39 is 0 Å². The molecule has 2 nitrogen and oxygen atoms in total. The van der Waals surface area contributed by atoms with Crippen LogP contribution in [0, 0.1) is 6.92 Å². The summed E-state index contributed by atoms with van der Waals surface area (Å²) in [5.41, 5.74) is 2.24. The van der Waals surface area contributed by atoms with Crippen molar-refractivity contribution in [3.8, 4) is 0 Å². The first-order valence-corrected chi connectivity index (χ1v) is 8.22. The molecule has 1 heterocycles. The van der Waals surface area contributed by atoms with E-state index in [1.54, 1.807) is 0 Å². The Morgan fingerprint density at radius 1 is 1.32 bits per heavy atom. The monoisotopic (exact) mass is 277 g/mol. The smallest absolute Gasteiger partial charge is 0.137 e. The van der Waals surface area contributed by atoms with Crippen molar-refractivity contribution in [2.75, 3.05) is 18.1 Å². The van der Waals surface area contributed by atoms with E-state index in [2.05, 4.69) is 50.4 Å². The molecule has 0 spiro atoms. The fraction of sp³-hybridized carbons (Fsp3) is 0.500. The molecule has 3 heteroatoms. The Morgan fingerprint density at radius 2 is 2.16 bits per heavy atom. The number of hydrogen-bond donors (Lipinski definition) is 1. The number of nitrogens with one attached hydrogen (secondary N) is 1. The largest absolute Gasteiger partial charge is 0.459 e. The molecular weight excluding hydrogens is 254 g/mol. The molecule has 0 amide bonds. The zero-order valence-electron chi connectivity index (χ0n) is 12.0. The summed E-state index contributed by atoms with van der Waals surface area (Å²) in [4.78, 5) is 0. The van der Waals surface area contributed by atoms with Crippen LogP contribution in [0.25, 0.3) is 11.0 Å². The number of para-hydroxylation sites is 1. The van der Waals surface area contributed by atoms with Crippen LogP contribution in [-0.4, -0.2) is 18.1 Å². The van der Waals surface area contributed by atoms with Crippen LogP contribution in [-0.2, 0) is 0 Å². The second-order valence-electron chi connectivity index (χ2n) is 4.81. The van der Waals surface area contributed by atoms with Crippen LogP contribution >= 0.6 is 11.8 Å². The number of fused-ring (bicyclic) bond motifs is 1. The minimum Gasteiger partial charge on any atom is -0.459 e. The molecule has 0 radical (unpaired) electrons. The summed E-state index contributed by atoms with van der Waals surface area (Å²) in [5, 5.41) is 4.79. The van der Waals surface area contributed by atoms with Gasteiger partial charge in [0.15, 0.2) is 0 Å². The molecule has 0 bridgehead atoms. The molecular formula is C16H23NOS. The topological polar surface area (TPSA) is 25.2 Å². The van der Waals surface area contributed by atoms with Crippen LogP contribution in [0.2, 0.25) is 0 Å². The maximum absolute atomic E-state index is 6.08. The predicted molar refractivity (Wildman–Crippen MR) is 85.0 cm³/mol. The molecule has 1 atom stereocenters. The molecule has 2 rings (SSSR count). The first kappa shape index (κ1) is 14.5. The van der Waals surface area contributed by atoms with Crippen molar-refractivity contribution in [3.63, 3.8) is 0 Å². The highest BCUT2D eigenvalue weighted by Crippen LogP contribution is 2.28. The van der Waals surface area contributed by atoms with Crippen LogP contribution in [0.15, 0.2) is 28.7 Å². The second kappa shape index (κ2) is 7.01. The Balaban J connectivity index is 2.24. The Bertz CT molecular complexity index is 512. The summed E-state index contributed by atoms with van der Waals surface area (Å²) < 4.78 is 6.08. The summed E-state index contributed by atoms with van der Waals surface area (Å²) in [5.74, 6) is 3.28. The van der Waals surface area contributed by atoms with Gasteiger partial charge in [0.05, 0.1) is 6.04 Å². The average Bonchev–Trinajstić information content (AvgIpc) is 2.84. The van der Waals surface area contributed by atoms with Gasteiger partial charge in [-0.25, -0.2) is 0 Å². The first-order chi connectivity index (χ1) is 9.26. The Kier molecular flexibility index (Phi) is 5.34. The minimum absolute atomic E-state index is 0.316. The third-order valence-corrected chi connectivity index (χ3v) is 4.21. The third kappa shape index (κ3) is 3.54. The Labute approximate surface area is 119 Å². The van der Waals surface area contributed by atoms with E-state index in [0.29, 0.717) is 6.04 Å². The number of rotatable bonds is 7. The van der Waals surface area contributed by atoms with E-state index in [9.17, 15) is 0 Å². The fourth-order valence-electron chi connectivity index (χ4n) is 2.20. The molecule has 1 aromatic heterocycles. The van der Waals surface area contributed by atoms with Crippen molar-refractivity contribution < 1.29 is 4.42 Å². The molecule has 0 fully saturated rings. The maximum atomic E-state index is 6.08. The van der Waals surface area contributed by atoms with Gasteiger partial charge in [-0.2, -0.15) is 11.8 Å². The molecule has 1 unspecified atom stereocenters. The molecule has 0 saturated carbocycles. The van der Waals surface area contributed by atoms with Crippen molar-refractivity contribution in [1.29, 1.82) is 0 Å². The highest BCUT2D eigenvalue weighted by Gasteiger charge is 2.16. The molecule has 2 aromatic rings. The molecule has 104 valence electrons. The van der Waals surface area contributed by atoms with Crippen molar-refractivity contribution in [1.82, 2.24) is 5.32 Å². The van der Waals surface area contributed by atoms with Crippen LogP contribution in [0.3, 0.4) is 0 Å². The van der Waals surface area contributed by atoms with Gasteiger partial charge in [-0.1, -0.05) is 32.0 Å². The number of aryl methyl sites for hydroxylation is 1. The molecule has 1 N–H and O–H groups in total. The van der Waals surface area contributed by atoms with E-state index in [-0.39, 0.29) is 0 Å². The third-order valence-electron chi connectivity index (χ3n) is 3.23. The lowest BCUT2D eigenvalue weighted by Crippen LogP contribution is -2.23. The van der Waals surface area contributed by atoms with E-state index in [0.717, 1.165) is 35.8 Å². The number of benzene rings is 1. The van der Waals surface area contributed by atoms with Gasteiger partial charge >= 0.3 is 0 Å². The SMILES string of the molecule is CCCNC(CSCC)c1cc2cccc(C)c2o1. The second-order valence-corrected chi connectivity index (χ2v) is 6.13. The summed E-state index contributed by atoms with van der Waals surface area (Å²) in [6, 6.07) is 8.82. The summed E-state index contributed by atoms with van der Waals surface area (Å²) in [6.45, 7) is 7.53. The summed E-state index contributed by atoms with van der Waals surface area (Å²) in [6.07, 6.45) is 1.15. The Morgan fingerprint density at radius 3 is 2.84 bits per heavy atom. The van der Waals surface area contributed by atoms with Crippen molar-refractivity contribution in [2.24, 2.45) is 0 Å². The minimum atomic E-state index is 0.316. The molecule has 0 saturated heterocycles. The van der Waals surface area contributed by atoms with E-state index in [1.165, 1.54) is 10.9 Å². The van der Waals surface area contributed by atoms with Gasteiger partial charge in [-0.3, -0.25) is 0 Å². The zero-order chi connectivity index (χ0) is 13.7. The van der Waals surface area contributed by atoms with Gasteiger partial charge in [-0.15, -0.1) is 0 Å². The molecule has 1 aromatic carbocycles. The quantitative estimate of drug-likeness (QED) is 0.804. The van der Waals surface area contributed by atoms with Gasteiger partial charge in [0.25, 0.3) is 0 Å². The van der Waals surface area contributed by atoms with Gasteiger partial charge in [0.2, 0.25) is 0 Å². The van der Waals surface area contributed by atoms with Crippen LogP contribution in [0.4, 0.5) is 0 Å². The standard InChI is InChI=1S/C16H23NOS/c1-4-9-17-14(11-19-5-2)15-10-13-8-6-7-12(3)16(13)18-15/h6-8,10,14,17H,4-5,9,11H2,1-3H3. The van der Waals surface area contributed by atoms with Gasteiger partial charge in [-0.05, 0) is 37.3 Å². The van der Waals surface area contributed by atoms with Crippen molar-refractivity contribution in [3.05, 3.63) is 35.6 Å². The number of hydrogen-bond acceptors (Lipinski definition) is 3. The molecule has 0 aliphatic heterocycles. The fourth-order valence-corrected chi connectivity index (χ4v) is 2.95. The first-order valence-electron chi connectivity index (χ1n) is 7.06. The lowest BCUT2D eigenvalue weighted by Gasteiger charge is -2.15. The lowest BCUT2D eigenvalue weighted by molar-refractivity contribution is 0.455. The highest BCUT2D eigenvalue weighted by atomic mass is 32.2. The van der Waals surface area contributed by atoms with E-state index >= 15 is 0 Å². The van der Waals surface area contributed by atoms with Crippen LogP contribution < -0.4 is 5.32 Å². The van der Waals surface area contributed by atoms with Crippen molar-refractivity contribution in [2.45, 2.75) is 33.2 Å². The highest BCUT2D eigenvalue weighted by molar-refractivity contribution is 7.99. The Hall–Kier alpha value is -0.930. The molecule has 19 heavy (non-hydrogen) atoms. The van der Waals surface area contributed by atoms with Crippen LogP contribution in [0.5, 0.6) is 0 Å². The summed E-state index contributed by atoms with van der Waals surface area (Å²) in [7, 11) is 0. The van der Waals surface area contributed by atoms with E-state index in [1.807, 2.05) is 11.8 Å². The average molecular weight is 277 g/mol. The molecule has 0 aliphatic carbocycles. The van der Waals surface area contributed by atoms with Crippen LogP contribution in [0.1, 0.15) is 37.6 Å². The predicted octanol–water partition coefficient (Wildman–Crippen LogP) is 4.54. The normalized spacial score (nSPS) is 13.0. The van der Waals surface area contributed by atoms with Gasteiger partial charge in [0, 0.05) is 11.1 Å². The lowest BCUT2D eigenvalue weighted by atomic mass is 10.1.